The van der Waals surface area contributed by atoms with Gasteiger partial charge in [-0.1, -0.05) is 36.0 Å². The number of nitriles is 1. The van der Waals surface area contributed by atoms with Gasteiger partial charge in [0, 0.05) is 19.3 Å². The first kappa shape index (κ1) is 23.3. The van der Waals surface area contributed by atoms with Gasteiger partial charge in [0.05, 0.1) is 22.2 Å². The van der Waals surface area contributed by atoms with Gasteiger partial charge in [0.1, 0.15) is 17.7 Å². The van der Waals surface area contributed by atoms with E-state index in [1.807, 2.05) is 18.4 Å². The van der Waals surface area contributed by atoms with Crippen molar-refractivity contribution < 1.29 is 9.18 Å². The number of hydrogen-bond acceptors (Lipinski definition) is 5. The van der Waals surface area contributed by atoms with Gasteiger partial charge in [0.25, 0.3) is 5.56 Å². The van der Waals surface area contributed by atoms with E-state index in [2.05, 4.69) is 16.4 Å². The summed E-state index contributed by atoms with van der Waals surface area (Å²) < 4.78 is 16.6. The highest BCUT2D eigenvalue weighted by Gasteiger charge is 2.20. The molecule has 4 rings (SSSR count). The lowest BCUT2D eigenvalue weighted by Crippen LogP contribution is -2.22. The van der Waals surface area contributed by atoms with Crippen LogP contribution in [0.2, 0.25) is 0 Å². The summed E-state index contributed by atoms with van der Waals surface area (Å²) >= 11 is 1.15. The number of thioether (sulfide) groups is 1. The number of nitrogens with one attached hydrogen (secondary N) is 1. The van der Waals surface area contributed by atoms with Gasteiger partial charge < -0.3 is 9.88 Å². The zero-order chi connectivity index (χ0) is 24.4. The number of nitrogens with zero attached hydrogens (tertiary/aromatic N) is 4. The molecule has 172 valence electrons. The standard InChI is InChI=1S/C25H22FN5O2S/c1-15-16(2)31(13-17-8-10-18(26)11-9-17)23(20(15)12-27)29-22(32)14-34-25-28-21-7-5-4-6-19(21)24(33)30(25)3/h4-11H,13-14H2,1-3H3,(H,29,32). The first-order valence-corrected chi connectivity index (χ1v) is 11.5. The van der Waals surface area contributed by atoms with Crippen LogP contribution in [0.15, 0.2) is 58.5 Å². The molecule has 0 saturated carbocycles. The maximum absolute atomic E-state index is 13.3. The summed E-state index contributed by atoms with van der Waals surface area (Å²) in [6, 6.07) is 15.3. The van der Waals surface area contributed by atoms with Crippen LogP contribution in [0, 0.1) is 31.0 Å². The molecular formula is C25H22FN5O2S. The molecular weight excluding hydrogens is 453 g/mol. The third kappa shape index (κ3) is 4.45. The highest BCUT2D eigenvalue weighted by atomic mass is 32.2. The first-order chi connectivity index (χ1) is 16.3. The number of benzene rings is 2. The van der Waals surface area contributed by atoms with E-state index in [1.54, 1.807) is 43.4 Å². The van der Waals surface area contributed by atoms with Gasteiger partial charge in [-0.15, -0.1) is 0 Å². The molecule has 0 radical (unpaired) electrons. The first-order valence-electron chi connectivity index (χ1n) is 10.5. The third-order valence-electron chi connectivity index (χ3n) is 5.73. The number of fused-ring (bicyclic) bond motifs is 1. The van der Waals surface area contributed by atoms with Gasteiger partial charge in [0.15, 0.2) is 5.16 Å². The predicted molar refractivity (Wildman–Crippen MR) is 130 cm³/mol. The van der Waals surface area contributed by atoms with Crippen LogP contribution < -0.4 is 10.9 Å². The molecule has 0 atom stereocenters. The largest absolute Gasteiger partial charge is 0.326 e. The maximum atomic E-state index is 13.3. The minimum absolute atomic E-state index is 0.00329. The Balaban J connectivity index is 1.57. The van der Waals surface area contributed by atoms with Crippen molar-refractivity contribution in [1.82, 2.24) is 14.1 Å². The Morgan fingerprint density at radius 3 is 2.59 bits per heavy atom. The van der Waals surface area contributed by atoms with Crippen molar-refractivity contribution in [3.05, 3.63) is 87.1 Å². The minimum Gasteiger partial charge on any atom is -0.326 e. The average Bonchev–Trinajstić information content (AvgIpc) is 3.05. The number of anilines is 1. The van der Waals surface area contributed by atoms with Crippen molar-refractivity contribution in [2.75, 3.05) is 11.1 Å². The Kier molecular flexibility index (Phi) is 6.52. The number of carbonyl (C=O) groups is 1. The van der Waals surface area contributed by atoms with Gasteiger partial charge >= 0.3 is 0 Å². The normalized spacial score (nSPS) is 10.9. The summed E-state index contributed by atoms with van der Waals surface area (Å²) in [5.74, 6) is -0.262. The monoisotopic (exact) mass is 475 g/mol. The second-order valence-corrected chi connectivity index (χ2v) is 8.81. The molecule has 0 spiro atoms. The van der Waals surface area contributed by atoms with Gasteiger partial charge in [-0.25, -0.2) is 9.37 Å². The molecule has 0 aliphatic rings. The van der Waals surface area contributed by atoms with Gasteiger partial charge in [0.2, 0.25) is 5.91 Å². The molecule has 9 heteroatoms. The SMILES string of the molecule is Cc1c(C#N)c(NC(=O)CSc2nc3ccccc3c(=O)n2C)n(Cc2ccc(F)cc2)c1C. The van der Waals surface area contributed by atoms with Crippen LogP contribution in [-0.4, -0.2) is 25.8 Å². The fourth-order valence-corrected chi connectivity index (χ4v) is 4.50. The van der Waals surface area contributed by atoms with E-state index in [9.17, 15) is 19.2 Å². The van der Waals surface area contributed by atoms with Crippen LogP contribution in [-0.2, 0) is 18.4 Å². The number of rotatable bonds is 6. The second kappa shape index (κ2) is 9.53. The van der Waals surface area contributed by atoms with Crippen LogP contribution in [0.1, 0.15) is 22.4 Å². The fourth-order valence-electron chi connectivity index (χ4n) is 3.73. The third-order valence-corrected chi connectivity index (χ3v) is 6.76. The van der Waals surface area contributed by atoms with Crippen LogP contribution in [0.25, 0.3) is 10.9 Å². The number of aromatic nitrogens is 3. The summed E-state index contributed by atoms with van der Waals surface area (Å²) in [4.78, 5) is 30.0. The molecule has 4 aromatic rings. The van der Waals surface area contributed by atoms with E-state index in [0.717, 1.165) is 28.6 Å². The van der Waals surface area contributed by atoms with Crippen molar-refractivity contribution in [3.8, 4) is 6.07 Å². The molecule has 34 heavy (non-hydrogen) atoms. The lowest BCUT2D eigenvalue weighted by Gasteiger charge is -2.14. The molecule has 1 amide bonds. The molecule has 0 aliphatic heterocycles. The highest BCUT2D eigenvalue weighted by Crippen LogP contribution is 2.28. The lowest BCUT2D eigenvalue weighted by atomic mass is 10.2. The second-order valence-electron chi connectivity index (χ2n) is 7.87. The summed E-state index contributed by atoms with van der Waals surface area (Å²) in [5, 5.41) is 13.5. The molecule has 2 heterocycles. The molecule has 2 aromatic carbocycles. The number of para-hydroxylation sites is 1. The average molecular weight is 476 g/mol. The van der Waals surface area contributed by atoms with Crippen molar-refractivity contribution in [3.63, 3.8) is 0 Å². The Morgan fingerprint density at radius 1 is 1.18 bits per heavy atom. The highest BCUT2D eigenvalue weighted by molar-refractivity contribution is 7.99. The molecule has 7 nitrogen and oxygen atoms in total. The van der Waals surface area contributed by atoms with Crippen molar-refractivity contribution in [1.29, 1.82) is 5.26 Å². The molecule has 0 fully saturated rings. The Labute approximate surface area is 199 Å². The number of amides is 1. The predicted octanol–water partition coefficient (Wildman–Crippen LogP) is 4.14. The van der Waals surface area contributed by atoms with E-state index in [0.29, 0.717) is 34.0 Å². The van der Waals surface area contributed by atoms with Gasteiger partial charge in [-0.2, -0.15) is 5.26 Å². The van der Waals surface area contributed by atoms with Crippen molar-refractivity contribution in [2.45, 2.75) is 25.5 Å². The number of hydrogen-bond donors (Lipinski definition) is 1. The molecule has 0 aliphatic carbocycles. The van der Waals surface area contributed by atoms with Crippen LogP contribution in [0.3, 0.4) is 0 Å². The topological polar surface area (TPSA) is 92.7 Å². The molecule has 2 aromatic heterocycles. The Morgan fingerprint density at radius 2 is 1.88 bits per heavy atom. The zero-order valence-electron chi connectivity index (χ0n) is 18.9. The van der Waals surface area contributed by atoms with E-state index in [1.165, 1.54) is 16.7 Å². The van der Waals surface area contributed by atoms with E-state index >= 15 is 0 Å². The van der Waals surface area contributed by atoms with E-state index in [4.69, 9.17) is 0 Å². The zero-order valence-corrected chi connectivity index (χ0v) is 19.7. The fraction of sp³-hybridized carbons (Fsp3) is 0.200. The summed E-state index contributed by atoms with van der Waals surface area (Å²) in [6.07, 6.45) is 0. The van der Waals surface area contributed by atoms with Gasteiger partial charge in [-0.05, 0) is 49.2 Å². The maximum Gasteiger partial charge on any atom is 0.261 e. The Bertz CT molecular complexity index is 1500. The number of carbonyl (C=O) groups excluding carboxylic acids is 1. The van der Waals surface area contributed by atoms with Crippen LogP contribution in [0.5, 0.6) is 0 Å². The lowest BCUT2D eigenvalue weighted by molar-refractivity contribution is -0.113. The quantitative estimate of drug-likeness (QED) is 0.334. The van der Waals surface area contributed by atoms with Gasteiger partial charge in [-0.3, -0.25) is 14.2 Å². The smallest absolute Gasteiger partial charge is 0.261 e. The van der Waals surface area contributed by atoms with Crippen LogP contribution in [0.4, 0.5) is 10.2 Å². The summed E-state index contributed by atoms with van der Waals surface area (Å²) in [7, 11) is 1.62. The van der Waals surface area contributed by atoms with E-state index < -0.39 is 0 Å². The molecule has 0 unspecified atom stereocenters. The minimum atomic E-state index is -0.332. The molecule has 0 bridgehead atoms. The number of halogens is 1. The molecule has 1 N–H and O–H groups in total. The van der Waals surface area contributed by atoms with E-state index in [-0.39, 0.29) is 23.0 Å². The Hall–Kier alpha value is -3.90. The van der Waals surface area contributed by atoms with Crippen molar-refractivity contribution in [2.24, 2.45) is 7.05 Å². The molecule has 0 saturated heterocycles. The summed E-state index contributed by atoms with van der Waals surface area (Å²) in [5.41, 5.74) is 3.21. The summed E-state index contributed by atoms with van der Waals surface area (Å²) in [6.45, 7) is 4.07. The van der Waals surface area contributed by atoms with Crippen molar-refractivity contribution >= 4 is 34.4 Å². The van der Waals surface area contributed by atoms with Crippen LogP contribution >= 0.6 is 11.8 Å².